The molecule has 1 aromatic heterocycles. The molecule has 2 N–H and O–H groups in total. The molecule has 0 bridgehead atoms. The van der Waals surface area contributed by atoms with Gasteiger partial charge in [-0.25, -0.2) is 0 Å². The Hall–Kier alpha value is -1.88. The van der Waals surface area contributed by atoms with Crippen LogP contribution in [0.5, 0.6) is 5.75 Å². The van der Waals surface area contributed by atoms with Gasteiger partial charge in [0, 0.05) is 18.9 Å². The maximum atomic E-state index is 6.18. The average Bonchev–Trinajstić information content (AvgIpc) is 2.97. The minimum Gasteiger partial charge on any atom is -0.497 e. The summed E-state index contributed by atoms with van der Waals surface area (Å²) in [5, 5.41) is 4.09. The van der Waals surface area contributed by atoms with E-state index in [0.717, 1.165) is 36.4 Å². The minimum atomic E-state index is 0.269. The first-order valence-corrected chi connectivity index (χ1v) is 7.94. The van der Waals surface area contributed by atoms with Gasteiger partial charge in [-0.1, -0.05) is 30.1 Å². The molecule has 118 valence electrons. The Morgan fingerprint density at radius 2 is 2.00 bits per heavy atom. The number of methoxy groups -OCH3 is 1. The Balaban J connectivity index is 1.60. The van der Waals surface area contributed by atoms with Crippen LogP contribution in [0.15, 0.2) is 28.8 Å². The predicted octanol–water partition coefficient (Wildman–Crippen LogP) is 2.73. The van der Waals surface area contributed by atoms with E-state index in [1.54, 1.807) is 7.11 Å². The topological polar surface area (TPSA) is 74.2 Å². The van der Waals surface area contributed by atoms with Crippen LogP contribution < -0.4 is 10.5 Å². The highest BCUT2D eigenvalue weighted by Gasteiger charge is 2.24. The van der Waals surface area contributed by atoms with E-state index < -0.39 is 0 Å². The van der Waals surface area contributed by atoms with E-state index in [-0.39, 0.29) is 6.04 Å². The summed E-state index contributed by atoms with van der Waals surface area (Å²) in [5.41, 5.74) is 7.32. The number of hydrogen-bond donors (Lipinski definition) is 1. The normalized spacial score (nSPS) is 21.7. The Morgan fingerprint density at radius 1 is 1.23 bits per heavy atom. The van der Waals surface area contributed by atoms with Crippen LogP contribution in [0.3, 0.4) is 0 Å². The SMILES string of the molecule is COc1ccc(Cc2noc(CC3CCCCC3N)n2)cc1. The summed E-state index contributed by atoms with van der Waals surface area (Å²) in [6.45, 7) is 0. The van der Waals surface area contributed by atoms with E-state index >= 15 is 0 Å². The lowest BCUT2D eigenvalue weighted by atomic mass is 9.83. The van der Waals surface area contributed by atoms with Gasteiger partial charge < -0.3 is 15.0 Å². The van der Waals surface area contributed by atoms with Crippen molar-refractivity contribution in [2.24, 2.45) is 11.7 Å². The minimum absolute atomic E-state index is 0.269. The predicted molar refractivity (Wildman–Crippen MR) is 83.7 cm³/mol. The summed E-state index contributed by atoms with van der Waals surface area (Å²) in [6.07, 6.45) is 6.24. The Bertz CT molecular complexity index is 594. The number of benzene rings is 1. The van der Waals surface area contributed by atoms with Gasteiger partial charge in [-0.3, -0.25) is 0 Å². The molecule has 5 heteroatoms. The van der Waals surface area contributed by atoms with Gasteiger partial charge in [-0.2, -0.15) is 4.98 Å². The van der Waals surface area contributed by atoms with Gasteiger partial charge in [-0.05, 0) is 36.5 Å². The molecule has 1 heterocycles. The van der Waals surface area contributed by atoms with Crippen LogP contribution in [0.2, 0.25) is 0 Å². The molecule has 3 rings (SSSR count). The first-order chi connectivity index (χ1) is 10.7. The van der Waals surface area contributed by atoms with Crippen molar-refractivity contribution in [3.05, 3.63) is 41.5 Å². The second-order valence-electron chi connectivity index (χ2n) is 6.04. The summed E-state index contributed by atoms with van der Waals surface area (Å²) < 4.78 is 10.5. The highest BCUT2D eigenvalue weighted by Crippen LogP contribution is 2.26. The van der Waals surface area contributed by atoms with E-state index in [4.69, 9.17) is 15.0 Å². The van der Waals surface area contributed by atoms with E-state index in [1.807, 2.05) is 24.3 Å². The van der Waals surface area contributed by atoms with Crippen molar-refractivity contribution in [1.29, 1.82) is 0 Å². The Morgan fingerprint density at radius 3 is 2.73 bits per heavy atom. The van der Waals surface area contributed by atoms with Gasteiger partial charge in [0.25, 0.3) is 0 Å². The number of aromatic nitrogens is 2. The number of rotatable bonds is 5. The summed E-state index contributed by atoms with van der Waals surface area (Å²) in [6, 6.07) is 8.19. The molecule has 0 saturated heterocycles. The van der Waals surface area contributed by atoms with Crippen LogP contribution in [0.1, 0.15) is 43.0 Å². The second kappa shape index (κ2) is 6.92. The summed E-state index contributed by atoms with van der Waals surface area (Å²) in [4.78, 5) is 4.51. The fourth-order valence-corrected chi connectivity index (χ4v) is 3.08. The molecule has 1 aliphatic rings. The number of nitrogens with zero attached hydrogens (tertiary/aromatic N) is 2. The highest BCUT2D eigenvalue weighted by molar-refractivity contribution is 5.28. The molecule has 2 unspecified atom stereocenters. The van der Waals surface area contributed by atoms with Crippen LogP contribution in [-0.2, 0) is 12.8 Å². The summed E-state index contributed by atoms with van der Waals surface area (Å²) in [7, 11) is 1.66. The van der Waals surface area contributed by atoms with Crippen molar-refractivity contribution < 1.29 is 9.26 Å². The van der Waals surface area contributed by atoms with Crippen LogP contribution in [0, 0.1) is 5.92 Å². The molecule has 1 saturated carbocycles. The summed E-state index contributed by atoms with van der Waals surface area (Å²) >= 11 is 0. The molecule has 1 aromatic carbocycles. The third-order valence-corrected chi connectivity index (χ3v) is 4.44. The number of nitrogens with two attached hydrogens (primary N) is 1. The van der Waals surface area contributed by atoms with Crippen molar-refractivity contribution in [1.82, 2.24) is 10.1 Å². The molecule has 22 heavy (non-hydrogen) atoms. The molecule has 0 aliphatic heterocycles. The van der Waals surface area contributed by atoms with Crippen molar-refractivity contribution >= 4 is 0 Å². The molecular formula is C17H23N3O2. The lowest BCUT2D eigenvalue weighted by Gasteiger charge is -2.27. The van der Waals surface area contributed by atoms with Crippen molar-refractivity contribution in [2.75, 3.05) is 7.11 Å². The third kappa shape index (κ3) is 3.65. The van der Waals surface area contributed by atoms with Crippen molar-refractivity contribution in [2.45, 2.75) is 44.6 Å². The summed E-state index contributed by atoms with van der Waals surface area (Å²) in [5.74, 6) is 2.77. The lowest BCUT2D eigenvalue weighted by Crippen LogP contribution is -2.34. The lowest BCUT2D eigenvalue weighted by molar-refractivity contribution is 0.273. The average molecular weight is 301 g/mol. The molecule has 2 atom stereocenters. The van der Waals surface area contributed by atoms with Crippen LogP contribution >= 0.6 is 0 Å². The van der Waals surface area contributed by atoms with Crippen LogP contribution in [-0.4, -0.2) is 23.3 Å². The van der Waals surface area contributed by atoms with Gasteiger partial charge in [0.1, 0.15) is 5.75 Å². The first kappa shape index (κ1) is 15.0. The number of hydrogen-bond acceptors (Lipinski definition) is 5. The fourth-order valence-electron chi connectivity index (χ4n) is 3.08. The molecule has 5 nitrogen and oxygen atoms in total. The quantitative estimate of drug-likeness (QED) is 0.919. The monoisotopic (exact) mass is 301 g/mol. The van der Waals surface area contributed by atoms with Crippen LogP contribution in [0.4, 0.5) is 0 Å². The van der Waals surface area contributed by atoms with Crippen LogP contribution in [0.25, 0.3) is 0 Å². The van der Waals surface area contributed by atoms with Gasteiger partial charge in [0.2, 0.25) is 5.89 Å². The molecule has 2 aromatic rings. The maximum absolute atomic E-state index is 6.18. The van der Waals surface area contributed by atoms with E-state index in [9.17, 15) is 0 Å². The molecule has 0 amide bonds. The molecular weight excluding hydrogens is 278 g/mol. The second-order valence-corrected chi connectivity index (χ2v) is 6.04. The number of ether oxygens (including phenoxy) is 1. The zero-order valence-corrected chi connectivity index (χ0v) is 13.0. The van der Waals surface area contributed by atoms with Gasteiger partial charge in [0.15, 0.2) is 5.82 Å². The molecule has 0 spiro atoms. The largest absolute Gasteiger partial charge is 0.497 e. The molecule has 0 radical (unpaired) electrons. The highest BCUT2D eigenvalue weighted by atomic mass is 16.5. The molecule has 1 fully saturated rings. The third-order valence-electron chi connectivity index (χ3n) is 4.44. The van der Waals surface area contributed by atoms with E-state index in [1.165, 1.54) is 12.8 Å². The fraction of sp³-hybridized carbons (Fsp3) is 0.529. The zero-order chi connectivity index (χ0) is 15.4. The Labute approximate surface area is 130 Å². The van der Waals surface area contributed by atoms with Gasteiger partial charge >= 0.3 is 0 Å². The standard InChI is InChI=1S/C17H23N3O2/c1-21-14-8-6-12(7-9-14)10-16-19-17(22-20-16)11-13-4-2-3-5-15(13)18/h6-9,13,15H,2-5,10-11,18H2,1H3. The van der Waals surface area contributed by atoms with E-state index in [0.29, 0.717) is 18.2 Å². The maximum Gasteiger partial charge on any atom is 0.226 e. The molecule has 1 aliphatic carbocycles. The van der Waals surface area contributed by atoms with Gasteiger partial charge in [0.05, 0.1) is 7.11 Å². The van der Waals surface area contributed by atoms with Gasteiger partial charge in [-0.15, -0.1) is 0 Å². The van der Waals surface area contributed by atoms with Crippen molar-refractivity contribution in [3.8, 4) is 5.75 Å². The Kier molecular flexibility index (Phi) is 4.73. The van der Waals surface area contributed by atoms with E-state index in [2.05, 4.69) is 10.1 Å². The zero-order valence-electron chi connectivity index (χ0n) is 13.0. The smallest absolute Gasteiger partial charge is 0.226 e. The first-order valence-electron chi connectivity index (χ1n) is 7.94. The van der Waals surface area contributed by atoms with Crippen molar-refractivity contribution in [3.63, 3.8) is 0 Å².